The predicted octanol–water partition coefficient (Wildman–Crippen LogP) is 3.42. The average Bonchev–Trinajstić information content (AvgIpc) is 3.10. The Morgan fingerprint density at radius 2 is 2.10 bits per heavy atom. The lowest BCUT2D eigenvalue weighted by Crippen LogP contribution is -2.04. The maximum absolute atomic E-state index is 4.72. The second-order valence-electron chi connectivity index (χ2n) is 5.42. The van der Waals surface area contributed by atoms with Crippen molar-refractivity contribution in [1.29, 1.82) is 0 Å². The Hall–Kier alpha value is -2.69. The third-order valence-corrected chi connectivity index (χ3v) is 3.60. The largest absolute Gasteiger partial charge is 0.346 e. The zero-order valence-corrected chi connectivity index (χ0v) is 11.9. The highest BCUT2D eigenvalue weighted by molar-refractivity contribution is 5.79. The summed E-state index contributed by atoms with van der Waals surface area (Å²) in [6.07, 6.45) is 5.56. The van der Waals surface area contributed by atoms with Crippen molar-refractivity contribution in [2.75, 3.05) is 0 Å². The summed E-state index contributed by atoms with van der Waals surface area (Å²) in [6, 6.07) is 8.04. The number of aromatic nitrogens is 5. The Kier molecular flexibility index (Phi) is 2.54. The molecule has 5 heteroatoms. The van der Waals surface area contributed by atoms with Gasteiger partial charge in [-0.15, -0.1) is 0 Å². The quantitative estimate of drug-likeness (QED) is 0.610. The second kappa shape index (κ2) is 4.41. The van der Waals surface area contributed by atoms with Gasteiger partial charge in [0.05, 0.1) is 11.9 Å². The first-order valence-electron chi connectivity index (χ1n) is 7.01. The first kappa shape index (κ1) is 12.1. The minimum Gasteiger partial charge on any atom is -0.346 e. The molecule has 0 amide bonds. The number of H-pyrrole nitrogens is 1. The van der Waals surface area contributed by atoms with Crippen molar-refractivity contribution in [3.05, 3.63) is 48.7 Å². The molecule has 0 aromatic carbocycles. The molecule has 0 fully saturated rings. The molecule has 4 aromatic heterocycles. The number of hydrogen-bond donors (Lipinski definition) is 1. The lowest BCUT2D eigenvalue weighted by Gasteiger charge is -2.10. The van der Waals surface area contributed by atoms with Crippen LogP contribution >= 0.6 is 0 Å². The van der Waals surface area contributed by atoms with E-state index in [-0.39, 0.29) is 0 Å². The van der Waals surface area contributed by atoms with Crippen molar-refractivity contribution in [3.63, 3.8) is 0 Å². The summed E-state index contributed by atoms with van der Waals surface area (Å²) in [5.41, 5.74) is 3.67. The molecule has 0 aliphatic heterocycles. The van der Waals surface area contributed by atoms with Crippen LogP contribution in [0.1, 0.15) is 25.6 Å². The summed E-state index contributed by atoms with van der Waals surface area (Å²) in [7, 11) is 0. The van der Waals surface area contributed by atoms with Crippen LogP contribution in [0.2, 0.25) is 0 Å². The van der Waals surface area contributed by atoms with Gasteiger partial charge in [-0.1, -0.05) is 13.8 Å². The summed E-state index contributed by atoms with van der Waals surface area (Å²) in [5, 5.41) is 1.08. The van der Waals surface area contributed by atoms with Gasteiger partial charge >= 0.3 is 0 Å². The van der Waals surface area contributed by atoms with Gasteiger partial charge < -0.3 is 4.98 Å². The van der Waals surface area contributed by atoms with Crippen molar-refractivity contribution in [1.82, 2.24) is 24.5 Å². The number of nitrogens with zero attached hydrogens (tertiary/aromatic N) is 4. The topological polar surface area (TPSA) is 59.4 Å². The Balaban J connectivity index is 2.05. The molecule has 0 unspecified atom stereocenters. The molecular weight excluding hydrogens is 262 g/mol. The number of rotatable bonds is 2. The molecule has 4 rings (SSSR count). The number of aromatic amines is 1. The van der Waals surface area contributed by atoms with E-state index in [9.17, 15) is 0 Å². The zero-order valence-electron chi connectivity index (χ0n) is 11.9. The van der Waals surface area contributed by atoms with Gasteiger partial charge in [-0.3, -0.25) is 4.57 Å². The van der Waals surface area contributed by atoms with Gasteiger partial charge in [0.2, 0.25) is 0 Å². The van der Waals surface area contributed by atoms with Crippen LogP contribution in [0.5, 0.6) is 0 Å². The number of imidazole rings is 1. The van der Waals surface area contributed by atoms with Gasteiger partial charge in [0.1, 0.15) is 17.0 Å². The maximum atomic E-state index is 4.72. The van der Waals surface area contributed by atoms with E-state index >= 15 is 0 Å². The van der Waals surface area contributed by atoms with E-state index in [1.54, 1.807) is 6.20 Å². The smallest absolute Gasteiger partial charge is 0.164 e. The van der Waals surface area contributed by atoms with E-state index in [1.165, 1.54) is 0 Å². The highest BCUT2D eigenvalue weighted by Gasteiger charge is 2.16. The first-order chi connectivity index (χ1) is 10.2. The van der Waals surface area contributed by atoms with Gasteiger partial charge in [-0.2, -0.15) is 0 Å². The molecule has 104 valence electrons. The molecular formula is C16H15N5. The standard InChI is InChI=1S/C16H15N5/c1-10(2)15-20-13-4-3-6-18-16(13)21(15)12-8-11-5-7-17-14(11)19-9-12/h3-10H,1-2H3,(H,17,19). The van der Waals surface area contributed by atoms with Crippen molar-refractivity contribution in [3.8, 4) is 5.69 Å². The van der Waals surface area contributed by atoms with Gasteiger partial charge in [-0.25, -0.2) is 15.0 Å². The molecule has 0 saturated heterocycles. The molecule has 0 bridgehead atoms. The number of nitrogens with one attached hydrogen (secondary N) is 1. The summed E-state index contributed by atoms with van der Waals surface area (Å²) >= 11 is 0. The molecule has 0 aliphatic carbocycles. The summed E-state index contributed by atoms with van der Waals surface area (Å²) in [4.78, 5) is 16.8. The highest BCUT2D eigenvalue weighted by atomic mass is 15.1. The Labute approximate surface area is 121 Å². The fourth-order valence-corrected chi connectivity index (χ4v) is 2.62. The number of pyridine rings is 2. The van der Waals surface area contributed by atoms with Crippen LogP contribution in [0.25, 0.3) is 27.9 Å². The van der Waals surface area contributed by atoms with Gasteiger partial charge in [0, 0.05) is 23.7 Å². The molecule has 1 N–H and O–H groups in total. The van der Waals surface area contributed by atoms with Crippen LogP contribution < -0.4 is 0 Å². The summed E-state index contributed by atoms with van der Waals surface area (Å²) in [5.74, 6) is 1.31. The van der Waals surface area contributed by atoms with Crippen LogP contribution in [-0.4, -0.2) is 24.5 Å². The number of fused-ring (bicyclic) bond motifs is 2. The summed E-state index contributed by atoms with van der Waals surface area (Å²) in [6.45, 7) is 4.28. The van der Waals surface area contributed by atoms with Crippen LogP contribution in [0.4, 0.5) is 0 Å². The van der Waals surface area contributed by atoms with Crippen LogP contribution in [-0.2, 0) is 0 Å². The van der Waals surface area contributed by atoms with Crippen molar-refractivity contribution in [2.45, 2.75) is 19.8 Å². The average molecular weight is 277 g/mol. The fraction of sp³-hybridized carbons (Fsp3) is 0.188. The third kappa shape index (κ3) is 1.81. The van der Waals surface area contributed by atoms with Gasteiger partial charge in [-0.05, 0) is 24.3 Å². The SMILES string of the molecule is CC(C)c1nc2cccnc2n1-c1cnc2[nH]ccc2c1. The molecule has 0 aliphatic rings. The zero-order chi connectivity index (χ0) is 14.4. The summed E-state index contributed by atoms with van der Waals surface area (Å²) < 4.78 is 2.10. The minimum absolute atomic E-state index is 0.307. The van der Waals surface area contributed by atoms with E-state index < -0.39 is 0 Å². The van der Waals surface area contributed by atoms with E-state index in [0.29, 0.717) is 5.92 Å². The van der Waals surface area contributed by atoms with Crippen molar-refractivity contribution in [2.24, 2.45) is 0 Å². The molecule has 4 heterocycles. The minimum atomic E-state index is 0.307. The predicted molar refractivity (Wildman–Crippen MR) is 82.6 cm³/mol. The Morgan fingerprint density at radius 1 is 1.19 bits per heavy atom. The van der Waals surface area contributed by atoms with Gasteiger partial charge in [0.15, 0.2) is 5.65 Å². The van der Waals surface area contributed by atoms with E-state index in [2.05, 4.69) is 39.4 Å². The monoisotopic (exact) mass is 277 g/mol. The fourth-order valence-electron chi connectivity index (χ4n) is 2.62. The lowest BCUT2D eigenvalue weighted by molar-refractivity contribution is 0.757. The van der Waals surface area contributed by atoms with Crippen LogP contribution in [0.15, 0.2) is 42.9 Å². The van der Waals surface area contributed by atoms with Crippen LogP contribution in [0, 0.1) is 0 Å². The molecule has 0 atom stereocenters. The molecule has 0 radical (unpaired) electrons. The molecule has 0 spiro atoms. The van der Waals surface area contributed by atoms with Crippen molar-refractivity contribution < 1.29 is 0 Å². The molecule has 21 heavy (non-hydrogen) atoms. The highest BCUT2D eigenvalue weighted by Crippen LogP contribution is 2.25. The second-order valence-corrected chi connectivity index (χ2v) is 5.42. The molecule has 4 aromatic rings. The molecule has 5 nitrogen and oxygen atoms in total. The third-order valence-electron chi connectivity index (χ3n) is 3.60. The maximum Gasteiger partial charge on any atom is 0.164 e. The van der Waals surface area contributed by atoms with Crippen LogP contribution in [0.3, 0.4) is 0 Å². The first-order valence-corrected chi connectivity index (χ1v) is 7.01. The van der Waals surface area contributed by atoms with E-state index in [0.717, 1.165) is 33.7 Å². The van der Waals surface area contributed by atoms with E-state index in [1.807, 2.05) is 30.6 Å². The van der Waals surface area contributed by atoms with Crippen molar-refractivity contribution >= 4 is 22.2 Å². The normalized spacial score (nSPS) is 11.8. The number of hydrogen-bond acceptors (Lipinski definition) is 3. The Bertz CT molecular complexity index is 932. The van der Waals surface area contributed by atoms with E-state index in [4.69, 9.17) is 4.98 Å². The molecule has 0 saturated carbocycles. The lowest BCUT2D eigenvalue weighted by atomic mass is 10.2. The Morgan fingerprint density at radius 3 is 2.95 bits per heavy atom. The van der Waals surface area contributed by atoms with Gasteiger partial charge in [0.25, 0.3) is 0 Å².